The Labute approximate surface area is 235 Å². The molecule has 6 rings (SSSR count). The fourth-order valence-corrected chi connectivity index (χ4v) is 5.62. The molecule has 0 amide bonds. The van der Waals surface area contributed by atoms with Crippen molar-refractivity contribution in [2.75, 3.05) is 13.1 Å². The highest BCUT2D eigenvalue weighted by atomic mass is 35.5. The third kappa shape index (κ3) is 5.13. The number of fused-ring (bicyclic) bond motifs is 1. The quantitative estimate of drug-likeness (QED) is 0.298. The van der Waals surface area contributed by atoms with Gasteiger partial charge >= 0.3 is 0 Å². The average Bonchev–Trinajstić information content (AvgIpc) is 3.57. The number of aliphatic hydroxyl groups is 1. The second kappa shape index (κ2) is 10.3. The zero-order valence-electron chi connectivity index (χ0n) is 21.3. The van der Waals surface area contributed by atoms with Crippen molar-refractivity contribution in [3.63, 3.8) is 0 Å². The largest absolute Gasteiger partial charge is 0.464 e. The molecule has 4 heterocycles. The van der Waals surface area contributed by atoms with Crippen molar-refractivity contribution in [3.8, 4) is 22.6 Å². The molecule has 1 fully saturated rings. The fraction of sp³-hybridized carbons (Fsp3) is 0.276. The Morgan fingerprint density at radius 3 is 2.46 bits per heavy atom. The first-order chi connectivity index (χ1) is 18.8. The van der Waals surface area contributed by atoms with Crippen LogP contribution in [-0.2, 0) is 20.1 Å². The maximum absolute atomic E-state index is 13.3. The van der Waals surface area contributed by atoms with Crippen LogP contribution in [0.5, 0.6) is 0 Å². The zero-order valence-corrected chi connectivity index (χ0v) is 22.9. The first-order valence-electron chi connectivity index (χ1n) is 12.7. The van der Waals surface area contributed by atoms with Crippen LogP contribution in [0.2, 0.25) is 10.0 Å². The van der Waals surface area contributed by atoms with Crippen LogP contribution in [0.3, 0.4) is 0 Å². The van der Waals surface area contributed by atoms with E-state index in [0.29, 0.717) is 48.0 Å². The van der Waals surface area contributed by atoms with Gasteiger partial charge in [0, 0.05) is 47.9 Å². The van der Waals surface area contributed by atoms with E-state index in [1.807, 2.05) is 42.5 Å². The number of hydrogen-bond acceptors (Lipinski definition) is 6. The molecule has 1 saturated heterocycles. The van der Waals surface area contributed by atoms with Gasteiger partial charge in [0.15, 0.2) is 5.52 Å². The Kier molecular flexibility index (Phi) is 6.81. The van der Waals surface area contributed by atoms with E-state index in [9.17, 15) is 9.90 Å². The lowest BCUT2D eigenvalue weighted by Crippen LogP contribution is -2.47. The van der Waals surface area contributed by atoms with Gasteiger partial charge in [-0.3, -0.25) is 18.9 Å². The third-order valence-corrected chi connectivity index (χ3v) is 8.04. The Morgan fingerprint density at radius 2 is 1.77 bits per heavy atom. The van der Waals surface area contributed by atoms with Crippen molar-refractivity contribution in [3.05, 3.63) is 93.2 Å². The highest BCUT2D eigenvalue weighted by molar-refractivity contribution is 6.31. The number of halogens is 2. The van der Waals surface area contributed by atoms with Crippen LogP contribution >= 0.6 is 23.2 Å². The summed E-state index contributed by atoms with van der Waals surface area (Å²) in [6, 6.07) is 17.0. The molecule has 0 radical (unpaired) electrons. The molecule has 8 nitrogen and oxygen atoms in total. The van der Waals surface area contributed by atoms with Crippen LogP contribution in [0.25, 0.3) is 33.6 Å². The van der Waals surface area contributed by atoms with Gasteiger partial charge in [-0.1, -0.05) is 47.5 Å². The van der Waals surface area contributed by atoms with Gasteiger partial charge in [0.2, 0.25) is 0 Å². The van der Waals surface area contributed by atoms with Gasteiger partial charge in [0.1, 0.15) is 11.3 Å². The van der Waals surface area contributed by atoms with Gasteiger partial charge in [-0.25, -0.2) is 4.98 Å². The number of furan rings is 1. The van der Waals surface area contributed by atoms with Gasteiger partial charge in [-0.2, -0.15) is 5.10 Å². The lowest BCUT2D eigenvalue weighted by Gasteiger charge is -2.38. The molecule has 3 aromatic heterocycles. The Bertz CT molecular complexity index is 1680. The SMILES string of the molecule is Cn1nc2c(=O)n(CC3(O)CCN(Cc4ccc(-c5ccco5)cc4Cl)CC3)cnc2c1-c1ccc(Cl)cc1. The van der Waals surface area contributed by atoms with E-state index in [1.54, 1.807) is 30.1 Å². The van der Waals surface area contributed by atoms with Gasteiger partial charge in [-0.05, 0) is 48.7 Å². The van der Waals surface area contributed by atoms with E-state index < -0.39 is 5.60 Å². The van der Waals surface area contributed by atoms with Crippen molar-refractivity contribution in [1.82, 2.24) is 24.2 Å². The molecular formula is C29H27Cl2N5O3. The molecule has 0 aliphatic carbocycles. The number of likely N-dealkylation sites (tertiary alicyclic amines) is 1. The first kappa shape index (κ1) is 25.8. The molecule has 0 atom stereocenters. The number of benzene rings is 2. The molecule has 0 unspecified atom stereocenters. The van der Waals surface area contributed by atoms with E-state index in [2.05, 4.69) is 15.0 Å². The van der Waals surface area contributed by atoms with Crippen molar-refractivity contribution in [2.24, 2.45) is 7.05 Å². The van der Waals surface area contributed by atoms with E-state index in [1.165, 1.54) is 10.9 Å². The summed E-state index contributed by atoms with van der Waals surface area (Å²) in [4.78, 5) is 20.2. The van der Waals surface area contributed by atoms with Gasteiger partial charge in [0.25, 0.3) is 5.56 Å². The predicted octanol–water partition coefficient (Wildman–Crippen LogP) is 5.39. The molecule has 0 spiro atoms. The van der Waals surface area contributed by atoms with Gasteiger partial charge in [0.05, 0.1) is 30.4 Å². The summed E-state index contributed by atoms with van der Waals surface area (Å²) in [5, 5.41) is 17.1. The number of piperidine rings is 1. The minimum Gasteiger partial charge on any atom is -0.464 e. The predicted molar refractivity (Wildman–Crippen MR) is 152 cm³/mol. The molecular weight excluding hydrogens is 537 g/mol. The third-order valence-electron chi connectivity index (χ3n) is 7.43. The molecule has 2 aromatic carbocycles. The monoisotopic (exact) mass is 563 g/mol. The second-order valence-electron chi connectivity index (χ2n) is 10.1. The molecule has 39 heavy (non-hydrogen) atoms. The summed E-state index contributed by atoms with van der Waals surface area (Å²) >= 11 is 12.6. The Balaban J connectivity index is 1.15. The molecule has 1 N–H and O–H groups in total. The summed E-state index contributed by atoms with van der Waals surface area (Å²) in [6.45, 7) is 2.21. The van der Waals surface area contributed by atoms with E-state index >= 15 is 0 Å². The second-order valence-corrected chi connectivity index (χ2v) is 11.0. The van der Waals surface area contributed by atoms with Gasteiger partial charge < -0.3 is 9.52 Å². The minimum absolute atomic E-state index is 0.161. The summed E-state index contributed by atoms with van der Waals surface area (Å²) in [5.74, 6) is 0.779. The molecule has 5 aromatic rings. The lowest BCUT2D eigenvalue weighted by molar-refractivity contribution is -0.0364. The molecule has 1 aliphatic rings. The smallest absolute Gasteiger partial charge is 0.281 e. The fourth-order valence-electron chi connectivity index (χ4n) is 5.25. The van der Waals surface area contributed by atoms with E-state index in [4.69, 9.17) is 27.6 Å². The molecule has 0 saturated carbocycles. The highest BCUT2D eigenvalue weighted by Gasteiger charge is 2.33. The van der Waals surface area contributed by atoms with Gasteiger partial charge in [-0.15, -0.1) is 0 Å². The maximum atomic E-state index is 13.3. The number of aryl methyl sites for hydroxylation is 1. The lowest BCUT2D eigenvalue weighted by atomic mass is 9.91. The Hall–Kier alpha value is -3.43. The van der Waals surface area contributed by atoms with Crippen LogP contribution in [0, 0.1) is 0 Å². The molecule has 1 aliphatic heterocycles. The number of nitrogens with zero attached hydrogens (tertiary/aromatic N) is 5. The van der Waals surface area contributed by atoms with E-state index in [-0.39, 0.29) is 17.6 Å². The summed E-state index contributed by atoms with van der Waals surface area (Å²) < 4.78 is 8.60. The zero-order chi connectivity index (χ0) is 27.1. The molecule has 10 heteroatoms. The summed E-state index contributed by atoms with van der Waals surface area (Å²) in [5.41, 5.74) is 3.09. The van der Waals surface area contributed by atoms with Crippen molar-refractivity contribution >= 4 is 34.2 Å². The highest BCUT2D eigenvalue weighted by Crippen LogP contribution is 2.30. The van der Waals surface area contributed by atoms with Crippen LogP contribution in [-0.4, -0.2) is 48.0 Å². The number of rotatable bonds is 6. The van der Waals surface area contributed by atoms with Crippen LogP contribution < -0.4 is 5.56 Å². The van der Waals surface area contributed by atoms with Crippen molar-refractivity contribution in [2.45, 2.75) is 31.5 Å². The normalized spacial score (nSPS) is 15.7. The van der Waals surface area contributed by atoms with Crippen LogP contribution in [0.15, 0.2) is 76.4 Å². The average molecular weight is 564 g/mol. The summed E-state index contributed by atoms with van der Waals surface area (Å²) in [7, 11) is 1.79. The topological polar surface area (TPSA) is 89.3 Å². The molecule has 200 valence electrons. The standard InChI is InChI=1S/C29H27Cl2N5O3/c1-34-27(19-6-8-22(30)9-7-19)25-26(33-34)28(37)36(18-32-25)17-29(38)10-12-35(13-11-29)16-21-5-4-20(15-23(21)31)24-3-2-14-39-24/h2-9,14-15,18,38H,10-13,16-17H2,1H3. The van der Waals surface area contributed by atoms with Crippen molar-refractivity contribution in [1.29, 1.82) is 0 Å². The first-order valence-corrected chi connectivity index (χ1v) is 13.5. The summed E-state index contributed by atoms with van der Waals surface area (Å²) in [6.07, 6.45) is 4.20. The van der Waals surface area contributed by atoms with Crippen LogP contribution in [0.4, 0.5) is 0 Å². The van der Waals surface area contributed by atoms with Crippen LogP contribution in [0.1, 0.15) is 18.4 Å². The number of aromatic nitrogens is 4. The minimum atomic E-state index is -1.02. The number of hydrogen-bond donors (Lipinski definition) is 1. The van der Waals surface area contributed by atoms with Crippen molar-refractivity contribution < 1.29 is 9.52 Å². The van der Waals surface area contributed by atoms with E-state index in [0.717, 1.165) is 28.1 Å². The molecule has 0 bridgehead atoms. The maximum Gasteiger partial charge on any atom is 0.281 e. The Morgan fingerprint density at radius 1 is 1.03 bits per heavy atom.